The molecular weight excluding hydrogens is 318 g/mol. The van der Waals surface area contributed by atoms with E-state index in [0.29, 0.717) is 10.6 Å². The van der Waals surface area contributed by atoms with Crippen molar-refractivity contribution in [1.29, 1.82) is 0 Å². The van der Waals surface area contributed by atoms with E-state index < -0.39 is 10.0 Å². The van der Waals surface area contributed by atoms with E-state index in [0.717, 1.165) is 12.2 Å². The summed E-state index contributed by atoms with van der Waals surface area (Å²) in [6.07, 6.45) is 2.68. The molecule has 1 aromatic rings. The molecule has 0 saturated heterocycles. The van der Waals surface area contributed by atoms with Crippen LogP contribution in [-0.2, 0) is 14.8 Å². The number of halogens is 1. The quantitative estimate of drug-likeness (QED) is 0.792. The Morgan fingerprint density at radius 3 is 2.75 bits per heavy atom. The van der Waals surface area contributed by atoms with Gasteiger partial charge in [0, 0.05) is 18.7 Å². The largest absolute Gasteiger partial charge is 0.380 e. The van der Waals surface area contributed by atoms with Crippen molar-refractivity contribution >= 4 is 33.4 Å². The fourth-order valence-corrected chi connectivity index (χ4v) is 3.77. The average molecular weight is 338 g/mol. The van der Waals surface area contributed by atoms with Crippen molar-refractivity contribution in [3.8, 4) is 0 Å². The molecule has 0 aliphatic carbocycles. The third kappa shape index (κ3) is 5.26. The first-order valence-corrected chi connectivity index (χ1v) is 9.43. The summed E-state index contributed by atoms with van der Waals surface area (Å²) in [6.45, 7) is 2.00. The van der Waals surface area contributed by atoms with Gasteiger partial charge in [-0.1, -0.05) is 17.7 Å². The lowest BCUT2D eigenvalue weighted by atomic mass is 10.2. The summed E-state index contributed by atoms with van der Waals surface area (Å²) in [6, 6.07) is 4.83. The predicted molar refractivity (Wildman–Crippen MR) is 85.2 cm³/mol. The zero-order valence-corrected chi connectivity index (χ0v) is 14.2. The first kappa shape index (κ1) is 17.8. The summed E-state index contributed by atoms with van der Waals surface area (Å²) in [7, 11) is -1.98. The molecule has 1 N–H and O–H groups in total. The first-order chi connectivity index (χ1) is 9.40. The van der Waals surface area contributed by atoms with Crippen molar-refractivity contribution in [3.63, 3.8) is 0 Å². The van der Waals surface area contributed by atoms with Gasteiger partial charge in [-0.05, 0) is 43.0 Å². The van der Waals surface area contributed by atoms with Gasteiger partial charge in [0.2, 0.25) is 10.0 Å². The zero-order valence-electron chi connectivity index (χ0n) is 11.8. The topological polar surface area (TPSA) is 55.4 Å². The molecule has 0 aromatic heterocycles. The number of nitrogens with one attached hydrogen (secondary N) is 1. The van der Waals surface area contributed by atoms with Gasteiger partial charge in [-0.3, -0.25) is 0 Å². The monoisotopic (exact) mass is 337 g/mol. The second-order valence-corrected chi connectivity index (χ2v) is 7.56. The SMILES string of the molecule is COC(CCSC)CNS(=O)(=O)c1cc(Cl)ccc1C. The molecule has 0 bridgehead atoms. The number of rotatable bonds is 8. The fourth-order valence-electron chi connectivity index (χ4n) is 1.70. The number of ether oxygens (including phenoxy) is 1. The van der Waals surface area contributed by atoms with Crippen LogP contribution in [-0.4, -0.2) is 40.2 Å². The number of benzene rings is 1. The van der Waals surface area contributed by atoms with E-state index in [-0.39, 0.29) is 17.5 Å². The van der Waals surface area contributed by atoms with Crippen molar-refractivity contribution in [2.45, 2.75) is 24.3 Å². The second-order valence-electron chi connectivity index (χ2n) is 4.40. The Morgan fingerprint density at radius 1 is 1.45 bits per heavy atom. The van der Waals surface area contributed by atoms with Gasteiger partial charge in [-0.15, -0.1) is 0 Å². The molecule has 1 atom stereocenters. The van der Waals surface area contributed by atoms with Gasteiger partial charge >= 0.3 is 0 Å². The van der Waals surface area contributed by atoms with E-state index in [1.807, 2.05) is 6.26 Å². The summed E-state index contributed by atoms with van der Waals surface area (Å²) in [4.78, 5) is 0.213. The van der Waals surface area contributed by atoms with Crippen molar-refractivity contribution < 1.29 is 13.2 Å². The average Bonchev–Trinajstić information content (AvgIpc) is 2.41. The van der Waals surface area contributed by atoms with E-state index in [1.165, 1.54) is 6.07 Å². The van der Waals surface area contributed by atoms with E-state index in [1.54, 1.807) is 37.9 Å². The molecule has 114 valence electrons. The minimum absolute atomic E-state index is 0.128. The number of aryl methyl sites for hydroxylation is 1. The van der Waals surface area contributed by atoms with Crippen LogP contribution < -0.4 is 4.72 Å². The minimum atomic E-state index is -3.56. The Morgan fingerprint density at radius 2 is 2.15 bits per heavy atom. The molecule has 0 radical (unpaired) electrons. The standard InChI is InChI=1S/C13H20ClNO3S2/c1-10-4-5-11(14)8-13(10)20(16,17)15-9-12(18-2)6-7-19-3/h4-5,8,12,15H,6-7,9H2,1-3H3. The van der Waals surface area contributed by atoms with Crippen LogP contribution in [0.3, 0.4) is 0 Å². The molecular formula is C13H20ClNO3S2. The summed E-state index contributed by atoms with van der Waals surface area (Å²) >= 11 is 7.57. The van der Waals surface area contributed by atoms with Crippen LogP contribution in [0.25, 0.3) is 0 Å². The smallest absolute Gasteiger partial charge is 0.240 e. The molecule has 1 unspecified atom stereocenters. The van der Waals surface area contributed by atoms with Crippen LogP contribution in [0.1, 0.15) is 12.0 Å². The minimum Gasteiger partial charge on any atom is -0.380 e. The highest BCUT2D eigenvalue weighted by Gasteiger charge is 2.19. The van der Waals surface area contributed by atoms with Gasteiger partial charge in [0.05, 0.1) is 11.0 Å². The maximum Gasteiger partial charge on any atom is 0.240 e. The summed E-state index contributed by atoms with van der Waals surface area (Å²) < 4.78 is 32.4. The van der Waals surface area contributed by atoms with E-state index >= 15 is 0 Å². The molecule has 4 nitrogen and oxygen atoms in total. The highest BCUT2D eigenvalue weighted by atomic mass is 35.5. The summed E-state index contributed by atoms with van der Waals surface area (Å²) in [5.74, 6) is 0.927. The fraction of sp³-hybridized carbons (Fsp3) is 0.538. The van der Waals surface area contributed by atoms with E-state index in [2.05, 4.69) is 4.72 Å². The lowest BCUT2D eigenvalue weighted by molar-refractivity contribution is 0.104. The molecule has 1 aromatic carbocycles. The molecule has 0 saturated carbocycles. The van der Waals surface area contributed by atoms with Crippen molar-refractivity contribution in [2.75, 3.05) is 25.7 Å². The Bertz CT molecular complexity index is 534. The molecule has 20 heavy (non-hydrogen) atoms. The van der Waals surface area contributed by atoms with Crippen LogP contribution in [0.4, 0.5) is 0 Å². The number of thioether (sulfide) groups is 1. The van der Waals surface area contributed by atoms with Gasteiger partial charge in [-0.25, -0.2) is 13.1 Å². The van der Waals surface area contributed by atoms with Gasteiger partial charge < -0.3 is 4.74 Å². The third-order valence-electron chi connectivity index (χ3n) is 2.92. The molecule has 0 fully saturated rings. The van der Waals surface area contributed by atoms with Crippen LogP contribution in [0.15, 0.2) is 23.1 Å². The lowest BCUT2D eigenvalue weighted by Gasteiger charge is -2.16. The van der Waals surface area contributed by atoms with Crippen LogP contribution in [0, 0.1) is 6.92 Å². The Hall–Kier alpha value is -0.270. The number of hydrogen-bond donors (Lipinski definition) is 1. The molecule has 0 amide bonds. The number of methoxy groups -OCH3 is 1. The summed E-state index contributed by atoms with van der Waals surface area (Å²) in [5, 5.41) is 0.404. The highest BCUT2D eigenvalue weighted by molar-refractivity contribution is 7.98. The van der Waals surface area contributed by atoms with Crippen LogP contribution in [0.2, 0.25) is 5.02 Å². The number of hydrogen-bond acceptors (Lipinski definition) is 4. The molecule has 1 rings (SSSR count). The predicted octanol–water partition coefficient (Wildman–Crippen LogP) is 2.69. The first-order valence-electron chi connectivity index (χ1n) is 6.18. The van der Waals surface area contributed by atoms with Crippen LogP contribution in [0.5, 0.6) is 0 Å². The maximum absolute atomic E-state index is 12.3. The molecule has 7 heteroatoms. The molecule has 0 aliphatic heterocycles. The normalized spacial score (nSPS) is 13.4. The van der Waals surface area contributed by atoms with Gasteiger partial charge in [0.25, 0.3) is 0 Å². The lowest BCUT2D eigenvalue weighted by Crippen LogP contribution is -2.33. The molecule has 0 heterocycles. The van der Waals surface area contributed by atoms with Gasteiger partial charge in [0.15, 0.2) is 0 Å². The van der Waals surface area contributed by atoms with Gasteiger partial charge in [-0.2, -0.15) is 11.8 Å². The van der Waals surface area contributed by atoms with E-state index in [9.17, 15) is 8.42 Å². The van der Waals surface area contributed by atoms with Crippen molar-refractivity contribution in [3.05, 3.63) is 28.8 Å². The van der Waals surface area contributed by atoms with Gasteiger partial charge in [0.1, 0.15) is 0 Å². The maximum atomic E-state index is 12.3. The summed E-state index contributed by atoms with van der Waals surface area (Å²) in [5.41, 5.74) is 0.667. The Balaban J connectivity index is 2.76. The van der Waals surface area contributed by atoms with Crippen molar-refractivity contribution in [1.82, 2.24) is 4.72 Å². The van der Waals surface area contributed by atoms with Crippen molar-refractivity contribution in [2.24, 2.45) is 0 Å². The molecule has 0 spiro atoms. The van der Waals surface area contributed by atoms with E-state index in [4.69, 9.17) is 16.3 Å². The van der Waals surface area contributed by atoms with Crippen LogP contribution >= 0.6 is 23.4 Å². The molecule has 0 aliphatic rings. The second kappa shape index (κ2) is 8.24. The third-order valence-corrected chi connectivity index (χ3v) is 5.36. The Labute approximate surface area is 130 Å². The Kier molecular flexibility index (Phi) is 7.33. The number of sulfonamides is 1. The zero-order chi connectivity index (χ0) is 15.2. The highest BCUT2D eigenvalue weighted by Crippen LogP contribution is 2.20.